The lowest BCUT2D eigenvalue weighted by Crippen LogP contribution is -2.53. The average Bonchev–Trinajstić information content (AvgIpc) is 2.54. The SMILES string of the molecule is CC[C@@H]1CNCC[C@H]1NC(=O)C(C)(C)COc1ncccc1C. The minimum Gasteiger partial charge on any atom is -0.476 e. The number of rotatable bonds is 6. The van der Waals surface area contributed by atoms with Crippen LogP contribution in [0.2, 0.25) is 0 Å². The number of amides is 1. The predicted molar refractivity (Wildman–Crippen MR) is 91.4 cm³/mol. The van der Waals surface area contributed by atoms with Crippen molar-refractivity contribution < 1.29 is 9.53 Å². The molecule has 0 spiro atoms. The number of ether oxygens (including phenoxy) is 1. The highest BCUT2D eigenvalue weighted by molar-refractivity contribution is 5.82. The smallest absolute Gasteiger partial charge is 0.229 e. The highest BCUT2D eigenvalue weighted by Crippen LogP contribution is 2.22. The Morgan fingerprint density at radius 2 is 2.30 bits per heavy atom. The molecule has 2 rings (SSSR count). The second-order valence-corrected chi connectivity index (χ2v) is 7.04. The molecule has 0 aliphatic carbocycles. The van der Waals surface area contributed by atoms with Crippen LogP contribution in [0, 0.1) is 18.3 Å². The van der Waals surface area contributed by atoms with Gasteiger partial charge in [0.25, 0.3) is 0 Å². The van der Waals surface area contributed by atoms with Crippen molar-refractivity contribution in [1.29, 1.82) is 0 Å². The average molecular weight is 319 g/mol. The Labute approximate surface area is 139 Å². The fourth-order valence-corrected chi connectivity index (χ4v) is 2.84. The highest BCUT2D eigenvalue weighted by Gasteiger charge is 2.33. The molecule has 0 saturated carbocycles. The van der Waals surface area contributed by atoms with E-state index in [-0.39, 0.29) is 11.9 Å². The summed E-state index contributed by atoms with van der Waals surface area (Å²) in [6.07, 6.45) is 3.76. The molecule has 1 amide bonds. The van der Waals surface area contributed by atoms with Crippen LogP contribution in [-0.2, 0) is 4.79 Å². The molecule has 2 heterocycles. The third-order valence-electron chi connectivity index (χ3n) is 4.59. The van der Waals surface area contributed by atoms with Crippen LogP contribution >= 0.6 is 0 Å². The van der Waals surface area contributed by atoms with Crippen LogP contribution in [0.15, 0.2) is 18.3 Å². The first-order valence-electron chi connectivity index (χ1n) is 8.50. The Morgan fingerprint density at radius 1 is 1.52 bits per heavy atom. The Balaban J connectivity index is 1.92. The molecule has 1 aromatic rings. The van der Waals surface area contributed by atoms with E-state index < -0.39 is 5.41 Å². The van der Waals surface area contributed by atoms with Gasteiger partial charge in [-0.15, -0.1) is 0 Å². The fraction of sp³-hybridized carbons (Fsp3) is 0.667. The van der Waals surface area contributed by atoms with Gasteiger partial charge in [0.05, 0.1) is 5.41 Å². The van der Waals surface area contributed by atoms with Gasteiger partial charge >= 0.3 is 0 Å². The standard InChI is InChI=1S/C18H29N3O2/c1-5-14-11-19-10-8-15(14)21-17(22)18(3,4)12-23-16-13(2)7-6-9-20-16/h6-7,9,14-15,19H,5,8,10-12H2,1-4H3,(H,21,22)/t14-,15-/m1/s1. The molecule has 5 heteroatoms. The molecule has 2 N–H and O–H groups in total. The fourth-order valence-electron chi connectivity index (χ4n) is 2.84. The minimum atomic E-state index is -0.590. The molecule has 23 heavy (non-hydrogen) atoms. The molecule has 1 aliphatic rings. The van der Waals surface area contributed by atoms with E-state index in [0.29, 0.717) is 18.4 Å². The Bertz CT molecular complexity index is 531. The largest absolute Gasteiger partial charge is 0.476 e. The molecule has 1 saturated heterocycles. The van der Waals surface area contributed by atoms with Crippen molar-refractivity contribution in [2.75, 3.05) is 19.7 Å². The van der Waals surface area contributed by atoms with E-state index in [1.165, 1.54) is 0 Å². The summed E-state index contributed by atoms with van der Waals surface area (Å²) in [7, 11) is 0. The van der Waals surface area contributed by atoms with E-state index in [2.05, 4.69) is 22.5 Å². The number of hydrogen-bond acceptors (Lipinski definition) is 4. The number of nitrogens with one attached hydrogen (secondary N) is 2. The lowest BCUT2D eigenvalue weighted by atomic mass is 9.88. The van der Waals surface area contributed by atoms with Gasteiger partial charge in [0.2, 0.25) is 11.8 Å². The predicted octanol–water partition coefficient (Wildman–Crippen LogP) is 2.30. The maximum absolute atomic E-state index is 12.7. The van der Waals surface area contributed by atoms with E-state index in [9.17, 15) is 4.79 Å². The zero-order valence-corrected chi connectivity index (χ0v) is 14.7. The topological polar surface area (TPSA) is 63.2 Å². The van der Waals surface area contributed by atoms with Crippen molar-refractivity contribution in [2.24, 2.45) is 11.3 Å². The number of aromatic nitrogens is 1. The number of carbonyl (C=O) groups is 1. The number of nitrogens with zero attached hydrogens (tertiary/aromatic N) is 1. The summed E-state index contributed by atoms with van der Waals surface area (Å²) in [6, 6.07) is 4.09. The first-order chi connectivity index (χ1) is 10.9. The van der Waals surface area contributed by atoms with Gasteiger partial charge < -0.3 is 15.4 Å². The molecule has 128 valence electrons. The molecule has 2 atom stereocenters. The van der Waals surface area contributed by atoms with Crippen LogP contribution in [0.4, 0.5) is 0 Å². The molecule has 0 radical (unpaired) electrons. The van der Waals surface area contributed by atoms with Crippen LogP contribution in [0.5, 0.6) is 5.88 Å². The van der Waals surface area contributed by atoms with E-state index in [4.69, 9.17) is 4.74 Å². The van der Waals surface area contributed by atoms with Crippen molar-refractivity contribution in [3.63, 3.8) is 0 Å². The maximum atomic E-state index is 12.7. The van der Waals surface area contributed by atoms with E-state index in [0.717, 1.165) is 31.5 Å². The van der Waals surface area contributed by atoms with Crippen molar-refractivity contribution in [2.45, 2.75) is 46.6 Å². The van der Waals surface area contributed by atoms with Crippen LogP contribution in [-0.4, -0.2) is 36.6 Å². The number of pyridine rings is 1. The first-order valence-corrected chi connectivity index (χ1v) is 8.50. The molecule has 1 aromatic heterocycles. The number of carbonyl (C=O) groups excluding carboxylic acids is 1. The molecule has 0 aromatic carbocycles. The quantitative estimate of drug-likeness (QED) is 0.844. The van der Waals surface area contributed by atoms with Gasteiger partial charge in [-0.05, 0) is 52.3 Å². The Kier molecular flexibility index (Phi) is 5.99. The van der Waals surface area contributed by atoms with Crippen LogP contribution in [0.1, 0.15) is 39.2 Å². The molecular formula is C18H29N3O2. The number of piperidine rings is 1. The highest BCUT2D eigenvalue weighted by atomic mass is 16.5. The molecule has 0 unspecified atom stereocenters. The molecule has 1 aliphatic heterocycles. The van der Waals surface area contributed by atoms with Crippen molar-refractivity contribution in [1.82, 2.24) is 15.6 Å². The summed E-state index contributed by atoms with van der Waals surface area (Å²) in [6.45, 7) is 10.2. The normalized spacial score (nSPS) is 21.7. The maximum Gasteiger partial charge on any atom is 0.229 e. The second kappa shape index (κ2) is 7.77. The third-order valence-corrected chi connectivity index (χ3v) is 4.59. The number of hydrogen-bond donors (Lipinski definition) is 2. The van der Waals surface area contributed by atoms with Gasteiger partial charge in [-0.3, -0.25) is 4.79 Å². The van der Waals surface area contributed by atoms with Gasteiger partial charge in [0.15, 0.2) is 0 Å². The zero-order chi connectivity index (χ0) is 16.9. The van der Waals surface area contributed by atoms with Crippen LogP contribution < -0.4 is 15.4 Å². The van der Waals surface area contributed by atoms with E-state index in [1.807, 2.05) is 32.9 Å². The van der Waals surface area contributed by atoms with Gasteiger partial charge in [-0.2, -0.15) is 0 Å². The Hall–Kier alpha value is -1.62. The van der Waals surface area contributed by atoms with Crippen molar-refractivity contribution >= 4 is 5.91 Å². The zero-order valence-electron chi connectivity index (χ0n) is 14.7. The van der Waals surface area contributed by atoms with Gasteiger partial charge in [-0.25, -0.2) is 4.98 Å². The van der Waals surface area contributed by atoms with Crippen molar-refractivity contribution in [3.05, 3.63) is 23.9 Å². The Morgan fingerprint density at radius 3 is 3.00 bits per heavy atom. The van der Waals surface area contributed by atoms with E-state index >= 15 is 0 Å². The van der Waals surface area contributed by atoms with E-state index in [1.54, 1.807) is 6.20 Å². The summed E-state index contributed by atoms with van der Waals surface area (Å²) < 4.78 is 5.78. The summed E-state index contributed by atoms with van der Waals surface area (Å²) in [5, 5.41) is 6.63. The summed E-state index contributed by atoms with van der Waals surface area (Å²) >= 11 is 0. The van der Waals surface area contributed by atoms with Gasteiger partial charge in [0, 0.05) is 17.8 Å². The molecule has 0 bridgehead atoms. The molecule has 5 nitrogen and oxygen atoms in total. The van der Waals surface area contributed by atoms with Gasteiger partial charge in [0.1, 0.15) is 6.61 Å². The third kappa shape index (κ3) is 4.67. The lowest BCUT2D eigenvalue weighted by molar-refractivity contribution is -0.132. The first kappa shape index (κ1) is 17.7. The number of aryl methyl sites for hydroxylation is 1. The lowest BCUT2D eigenvalue weighted by Gasteiger charge is -2.34. The summed E-state index contributed by atoms with van der Waals surface area (Å²) in [5.41, 5.74) is 0.390. The second-order valence-electron chi connectivity index (χ2n) is 7.04. The van der Waals surface area contributed by atoms with Crippen molar-refractivity contribution in [3.8, 4) is 5.88 Å². The van der Waals surface area contributed by atoms with Gasteiger partial charge in [-0.1, -0.05) is 19.4 Å². The van der Waals surface area contributed by atoms with Crippen LogP contribution in [0.25, 0.3) is 0 Å². The van der Waals surface area contributed by atoms with Crippen LogP contribution in [0.3, 0.4) is 0 Å². The summed E-state index contributed by atoms with van der Waals surface area (Å²) in [4.78, 5) is 16.9. The molecular weight excluding hydrogens is 290 g/mol. The molecule has 1 fully saturated rings. The monoisotopic (exact) mass is 319 g/mol. The minimum absolute atomic E-state index is 0.0523. The summed E-state index contributed by atoms with van der Waals surface area (Å²) in [5.74, 6) is 1.15.